The van der Waals surface area contributed by atoms with Crippen molar-refractivity contribution in [1.82, 2.24) is 21.3 Å². The molecule has 0 saturated heterocycles. The summed E-state index contributed by atoms with van der Waals surface area (Å²) in [5.74, 6) is 6.87. The molecule has 0 spiro atoms. The number of hydrogen-bond donors (Lipinski definition) is 7. The van der Waals surface area contributed by atoms with E-state index in [9.17, 15) is 28.5 Å². The predicted molar refractivity (Wildman–Crippen MR) is 166 cm³/mol. The third-order valence-corrected chi connectivity index (χ3v) is 7.66. The molecule has 1 saturated carbocycles. The maximum Gasteiger partial charge on any atom is 0.242 e. The maximum atomic E-state index is 13.1. The van der Waals surface area contributed by atoms with E-state index in [0.29, 0.717) is 25.7 Å². The lowest BCUT2D eigenvalue weighted by Gasteiger charge is -2.30. The molecule has 1 fully saturated rings. The summed E-state index contributed by atoms with van der Waals surface area (Å²) >= 11 is 0. The van der Waals surface area contributed by atoms with Crippen LogP contribution in [0.3, 0.4) is 0 Å². The minimum atomic E-state index is -2.67. The van der Waals surface area contributed by atoms with Gasteiger partial charge in [-0.1, -0.05) is 0 Å². The van der Waals surface area contributed by atoms with Gasteiger partial charge in [0.2, 0.25) is 29.5 Å². The van der Waals surface area contributed by atoms with Crippen molar-refractivity contribution in [2.45, 2.75) is 69.6 Å². The normalized spacial score (nSPS) is 17.8. The molecule has 0 aromatic rings. The van der Waals surface area contributed by atoms with Crippen LogP contribution < -0.4 is 38.8 Å². The average molecular weight is 682 g/mol. The van der Waals surface area contributed by atoms with Crippen molar-refractivity contribution in [3.63, 3.8) is 0 Å². The zero-order valence-corrected chi connectivity index (χ0v) is 27.7. The Hall–Kier alpha value is -2.70. The van der Waals surface area contributed by atoms with E-state index in [0.717, 1.165) is 0 Å². The molecule has 10 N–H and O–H groups in total. The van der Waals surface area contributed by atoms with Crippen molar-refractivity contribution < 1.29 is 52.2 Å². The Bertz CT molecular complexity index is 993. The number of primary amides is 1. The summed E-state index contributed by atoms with van der Waals surface area (Å²) in [6.45, 7) is 4.52. The van der Waals surface area contributed by atoms with Gasteiger partial charge in [0, 0.05) is 45.2 Å². The van der Waals surface area contributed by atoms with Gasteiger partial charge < -0.3 is 50.7 Å². The van der Waals surface area contributed by atoms with Crippen LogP contribution in [0.5, 0.6) is 0 Å². The highest BCUT2D eigenvalue weighted by atomic mass is 31.2. The van der Waals surface area contributed by atoms with E-state index < -0.39 is 43.1 Å². The van der Waals surface area contributed by atoms with Gasteiger partial charge >= 0.3 is 0 Å². The summed E-state index contributed by atoms with van der Waals surface area (Å²) < 4.78 is 28.1. The number of nitrogens with two attached hydrogens (primary N) is 3. The highest BCUT2D eigenvalue weighted by Crippen LogP contribution is 2.42. The van der Waals surface area contributed by atoms with Crippen molar-refractivity contribution in [2.24, 2.45) is 23.4 Å². The van der Waals surface area contributed by atoms with E-state index in [4.69, 9.17) is 31.5 Å². The van der Waals surface area contributed by atoms with E-state index in [1.54, 1.807) is 13.3 Å². The van der Waals surface area contributed by atoms with Gasteiger partial charge in [0.1, 0.15) is 12.1 Å². The molecule has 266 valence electrons. The van der Waals surface area contributed by atoms with E-state index in [2.05, 4.69) is 30.9 Å². The third-order valence-electron chi connectivity index (χ3n) is 6.85. The van der Waals surface area contributed by atoms with Gasteiger partial charge in [0.15, 0.2) is 7.37 Å². The lowest BCUT2D eigenvalue weighted by atomic mass is 9.86. The van der Waals surface area contributed by atoms with Crippen LogP contribution in [0.25, 0.3) is 0 Å². The molecule has 2 unspecified atom stereocenters. The summed E-state index contributed by atoms with van der Waals surface area (Å²) in [5.41, 5.74) is 5.24. The first-order valence-corrected chi connectivity index (χ1v) is 17.8. The summed E-state index contributed by atoms with van der Waals surface area (Å²) in [7, 11) is -2.67. The molecule has 19 heteroatoms. The van der Waals surface area contributed by atoms with Gasteiger partial charge in [-0.05, 0) is 38.5 Å². The van der Waals surface area contributed by atoms with Crippen LogP contribution in [0.2, 0.25) is 0 Å². The Balaban J connectivity index is 2.78. The Morgan fingerprint density at radius 3 is 1.72 bits per heavy atom. The Labute approximate surface area is 269 Å². The molecular weight excluding hydrogens is 629 g/mol. The quantitative estimate of drug-likeness (QED) is 0.0317. The molecule has 0 bridgehead atoms. The van der Waals surface area contributed by atoms with Crippen LogP contribution in [-0.4, -0.2) is 114 Å². The van der Waals surface area contributed by atoms with E-state index in [1.807, 2.05) is 0 Å². The van der Waals surface area contributed by atoms with Crippen molar-refractivity contribution in [3.05, 3.63) is 0 Å². The minimum Gasteiger partial charge on any atom is -0.377 e. The lowest BCUT2D eigenvalue weighted by Crippen LogP contribution is -2.51. The molecule has 0 aromatic heterocycles. The molecule has 0 aliphatic heterocycles. The second kappa shape index (κ2) is 23.6. The van der Waals surface area contributed by atoms with E-state index in [1.165, 1.54) is 0 Å². The fraction of sp³-hybridized carbons (Fsp3) is 0.815. The zero-order valence-electron chi connectivity index (χ0n) is 26.8. The first-order valence-electron chi connectivity index (χ1n) is 15.3. The monoisotopic (exact) mass is 681 g/mol. The van der Waals surface area contributed by atoms with Gasteiger partial charge in [-0.3, -0.25) is 28.5 Å². The molecule has 46 heavy (non-hydrogen) atoms. The first-order chi connectivity index (χ1) is 21.9. The van der Waals surface area contributed by atoms with Crippen LogP contribution in [-0.2, 0) is 52.2 Å². The van der Waals surface area contributed by atoms with Gasteiger partial charge in [-0.2, -0.15) is 0 Å². The molecule has 1 aliphatic carbocycles. The molecular formula is C27H52N7O11P. The smallest absolute Gasteiger partial charge is 0.242 e. The van der Waals surface area contributed by atoms with Crippen molar-refractivity contribution in [3.8, 4) is 0 Å². The fourth-order valence-electron chi connectivity index (χ4n) is 4.60. The fourth-order valence-corrected chi connectivity index (χ4v) is 5.53. The van der Waals surface area contributed by atoms with Gasteiger partial charge in [0.25, 0.3) is 0 Å². The van der Waals surface area contributed by atoms with Crippen molar-refractivity contribution >= 4 is 36.9 Å². The SMILES string of the molecule is CP(C)(=O)OC1CCC(C(=O)NC(CCC(=O)NC(CCC(N)=O)C(=O)NCCOCCON)C(=O)NCCOCCON)CC1. The zero-order chi connectivity index (χ0) is 34.4. The summed E-state index contributed by atoms with van der Waals surface area (Å²) in [6.07, 6.45) is 1.41. The minimum absolute atomic E-state index is 0.0392. The number of carbonyl (C=O) groups excluding carboxylic acids is 5. The van der Waals surface area contributed by atoms with Gasteiger partial charge in [-0.15, -0.1) is 0 Å². The highest BCUT2D eigenvalue weighted by molar-refractivity contribution is 7.57. The number of rotatable bonds is 25. The molecule has 0 aromatic carbocycles. The number of amides is 5. The lowest BCUT2D eigenvalue weighted by molar-refractivity contribution is -0.133. The van der Waals surface area contributed by atoms with E-state index >= 15 is 0 Å². The van der Waals surface area contributed by atoms with E-state index in [-0.39, 0.29) is 96.3 Å². The van der Waals surface area contributed by atoms with Gasteiger partial charge in [0.05, 0.1) is 45.7 Å². The predicted octanol–water partition coefficient (Wildman–Crippen LogP) is -1.84. The first kappa shape index (κ1) is 41.3. The van der Waals surface area contributed by atoms with Crippen molar-refractivity contribution in [1.29, 1.82) is 0 Å². The number of carbonyl (C=O) groups is 5. The van der Waals surface area contributed by atoms with Crippen LogP contribution in [0, 0.1) is 5.92 Å². The topological polar surface area (TPSA) is 275 Å². The second-order valence-electron chi connectivity index (χ2n) is 11.1. The second-order valence-corrected chi connectivity index (χ2v) is 13.8. The largest absolute Gasteiger partial charge is 0.377 e. The standard InChI is InChI=1S/C27H52N7O11P/c1-46(2,40)45-20-5-3-19(4-6-20)25(37)34-22(27(39)32-12-14-42-16-18-44-30)8-10-24(36)33-21(7-9-23(28)35)26(38)31-11-13-41-15-17-43-29/h19-22H,3-18,29-30H2,1-2H3,(H2,28,35)(H,31,38)(H,32,39)(H,33,36)(H,34,37). The van der Waals surface area contributed by atoms with Crippen LogP contribution in [0.4, 0.5) is 0 Å². The molecule has 1 rings (SSSR count). The van der Waals surface area contributed by atoms with Crippen molar-refractivity contribution in [2.75, 3.05) is 66.1 Å². The molecule has 0 heterocycles. The maximum absolute atomic E-state index is 13.1. The Kier molecular flexibility index (Phi) is 21.2. The molecule has 0 radical (unpaired) electrons. The number of ether oxygens (including phenoxy) is 2. The molecule has 2 atom stereocenters. The third kappa shape index (κ3) is 19.7. The Morgan fingerprint density at radius 2 is 1.24 bits per heavy atom. The summed E-state index contributed by atoms with van der Waals surface area (Å²) in [4.78, 5) is 71.9. The number of nitrogens with one attached hydrogen (secondary N) is 4. The molecule has 1 aliphatic rings. The Morgan fingerprint density at radius 1 is 0.739 bits per heavy atom. The summed E-state index contributed by atoms with van der Waals surface area (Å²) in [5, 5.41) is 10.6. The molecule has 5 amide bonds. The average Bonchev–Trinajstić information content (AvgIpc) is 2.99. The van der Waals surface area contributed by atoms with Crippen LogP contribution in [0.15, 0.2) is 0 Å². The van der Waals surface area contributed by atoms with Crippen LogP contribution >= 0.6 is 7.37 Å². The summed E-state index contributed by atoms with van der Waals surface area (Å²) in [6, 6.07) is -2.12. The molecule has 18 nitrogen and oxygen atoms in total. The highest BCUT2D eigenvalue weighted by Gasteiger charge is 2.31. The van der Waals surface area contributed by atoms with Crippen LogP contribution in [0.1, 0.15) is 51.4 Å². The van der Waals surface area contributed by atoms with Gasteiger partial charge in [-0.25, -0.2) is 11.8 Å². The number of hydrogen-bond acceptors (Lipinski definition) is 13.